The van der Waals surface area contributed by atoms with Crippen LogP contribution in [0.25, 0.3) is 0 Å². The van der Waals surface area contributed by atoms with E-state index in [9.17, 15) is 4.79 Å². The van der Waals surface area contributed by atoms with E-state index in [1.54, 1.807) is 0 Å². The summed E-state index contributed by atoms with van der Waals surface area (Å²) in [5.41, 5.74) is 1.13. The average Bonchev–Trinajstić information content (AvgIpc) is 3.32. The van der Waals surface area contributed by atoms with E-state index in [1.807, 2.05) is 18.2 Å². The molecule has 0 unspecified atom stereocenters. The summed E-state index contributed by atoms with van der Waals surface area (Å²) in [6, 6.07) is 8.27. The van der Waals surface area contributed by atoms with Crippen molar-refractivity contribution in [2.75, 3.05) is 32.8 Å². The Morgan fingerprint density at radius 2 is 2.14 bits per heavy atom. The first-order chi connectivity index (χ1) is 10.7. The van der Waals surface area contributed by atoms with Crippen LogP contribution in [-0.4, -0.2) is 49.8 Å². The first-order valence-corrected chi connectivity index (χ1v) is 8.22. The second-order valence-electron chi connectivity index (χ2n) is 5.85. The zero-order valence-corrected chi connectivity index (χ0v) is 13.3. The van der Waals surface area contributed by atoms with Gasteiger partial charge in [0.1, 0.15) is 0 Å². The van der Waals surface area contributed by atoms with Crippen LogP contribution in [-0.2, 0) is 4.74 Å². The van der Waals surface area contributed by atoms with Crippen molar-refractivity contribution in [3.05, 3.63) is 34.9 Å². The lowest BCUT2D eigenvalue weighted by molar-refractivity contribution is 0.0167. The van der Waals surface area contributed by atoms with Gasteiger partial charge in [0.2, 0.25) is 0 Å². The zero-order valence-electron chi connectivity index (χ0n) is 12.6. The van der Waals surface area contributed by atoms with Crippen molar-refractivity contribution < 1.29 is 9.53 Å². The summed E-state index contributed by atoms with van der Waals surface area (Å²) in [4.78, 5) is 14.2. The van der Waals surface area contributed by atoms with Crippen molar-refractivity contribution >= 4 is 17.6 Å². The first kappa shape index (κ1) is 15.6. The summed E-state index contributed by atoms with van der Waals surface area (Å²) >= 11 is 6.12. The maximum absolute atomic E-state index is 11.9. The van der Waals surface area contributed by atoms with E-state index < -0.39 is 0 Å². The predicted octanol–water partition coefficient (Wildman–Crippen LogP) is 2.17. The average molecular weight is 324 g/mol. The fourth-order valence-corrected chi connectivity index (χ4v) is 2.91. The molecule has 2 aliphatic rings. The van der Waals surface area contributed by atoms with Gasteiger partial charge in [0, 0.05) is 30.7 Å². The number of carbonyl (C=O) groups is 1. The van der Waals surface area contributed by atoms with Crippen LogP contribution >= 0.6 is 11.6 Å². The molecule has 3 rings (SSSR count). The smallest absolute Gasteiger partial charge is 0.315 e. The fraction of sp³-hybridized carbons (Fsp3) is 0.562. The Morgan fingerprint density at radius 3 is 2.82 bits per heavy atom. The molecular formula is C16H22ClN3O2. The van der Waals surface area contributed by atoms with E-state index in [1.165, 1.54) is 0 Å². The van der Waals surface area contributed by atoms with Crippen molar-refractivity contribution in [1.82, 2.24) is 15.5 Å². The van der Waals surface area contributed by atoms with Crippen molar-refractivity contribution in [1.29, 1.82) is 0 Å². The number of urea groups is 1. The molecule has 2 N–H and O–H groups in total. The van der Waals surface area contributed by atoms with Gasteiger partial charge in [-0.15, -0.1) is 0 Å². The minimum Gasteiger partial charge on any atom is -0.379 e. The first-order valence-electron chi connectivity index (χ1n) is 7.84. The van der Waals surface area contributed by atoms with E-state index in [0.717, 1.165) is 49.7 Å². The van der Waals surface area contributed by atoms with Crippen LogP contribution in [0.5, 0.6) is 0 Å². The lowest BCUT2D eigenvalue weighted by Gasteiger charge is -2.35. The third-order valence-corrected chi connectivity index (χ3v) is 4.32. The maximum atomic E-state index is 11.9. The van der Waals surface area contributed by atoms with Gasteiger partial charge in [-0.3, -0.25) is 4.90 Å². The molecule has 1 saturated heterocycles. The maximum Gasteiger partial charge on any atom is 0.315 e. The summed E-state index contributed by atoms with van der Waals surface area (Å²) in [7, 11) is 0. The van der Waals surface area contributed by atoms with Crippen LogP contribution in [0, 0.1) is 0 Å². The number of hydrogen-bond donors (Lipinski definition) is 2. The van der Waals surface area contributed by atoms with E-state index in [-0.39, 0.29) is 12.1 Å². The van der Waals surface area contributed by atoms with Gasteiger partial charge in [-0.05, 0) is 30.5 Å². The van der Waals surface area contributed by atoms with Gasteiger partial charge in [0.05, 0.1) is 19.3 Å². The van der Waals surface area contributed by atoms with Gasteiger partial charge in [0.15, 0.2) is 0 Å². The second-order valence-corrected chi connectivity index (χ2v) is 6.28. The Kier molecular flexibility index (Phi) is 5.18. The van der Waals surface area contributed by atoms with Gasteiger partial charge in [0.25, 0.3) is 0 Å². The quantitative estimate of drug-likeness (QED) is 0.873. The standard InChI is InChI=1S/C16H22ClN3O2/c17-13-3-1-2-12(10-13)15(20-6-8-22-9-7-20)11-18-16(21)19-14-4-5-14/h1-3,10,14-15H,4-9,11H2,(H2,18,19,21)/t15-/m0/s1. The molecule has 5 nitrogen and oxygen atoms in total. The molecule has 1 aromatic carbocycles. The molecule has 1 saturated carbocycles. The molecule has 2 fully saturated rings. The molecule has 1 heterocycles. The van der Waals surface area contributed by atoms with Crippen molar-refractivity contribution in [2.45, 2.75) is 24.9 Å². The number of amides is 2. The normalized spacial score (nSPS) is 20.4. The highest BCUT2D eigenvalue weighted by atomic mass is 35.5. The Morgan fingerprint density at radius 1 is 1.36 bits per heavy atom. The Labute approximate surface area is 136 Å². The number of rotatable bonds is 5. The van der Waals surface area contributed by atoms with Crippen LogP contribution in [0.3, 0.4) is 0 Å². The third-order valence-electron chi connectivity index (χ3n) is 4.09. The van der Waals surface area contributed by atoms with Crippen molar-refractivity contribution in [2.24, 2.45) is 0 Å². The summed E-state index contributed by atoms with van der Waals surface area (Å²) in [6.45, 7) is 3.75. The lowest BCUT2D eigenvalue weighted by Crippen LogP contribution is -2.46. The SMILES string of the molecule is O=C(NC[C@@H](c1cccc(Cl)c1)N1CCOCC1)NC1CC1. The molecule has 1 aliphatic heterocycles. The molecule has 2 amide bonds. The van der Waals surface area contributed by atoms with Crippen LogP contribution in [0.2, 0.25) is 5.02 Å². The largest absolute Gasteiger partial charge is 0.379 e. The molecule has 120 valence electrons. The van der Waals surface area contributed by atoms with Crippen molar-refractivity contribution in [3.63, 3.8) is 0 Å². The summed E-state index contributed by atoms with van der Waals surface area (Å²) in [5.74, 6) is 0. The van der Waals surface area contributed by atoms with E-state index in [4.69, 9.17) is 16.3 Å². The van der Waals surface area contributed by atoms with E-state index in [0.29, 0.717) is 12.6 Å². The second kappa shape index (κ2) is 7.31. The van der Waals surface area contributed by atoms with Gasteiger partial charge < -0.3 is 15.4 Å². The topological polar surface area (TPSA) is 53.6 Å². The number of carbonyl (C=O) groups excluding carboxylic acids is 1. The fourth-order valence-electron chi connectivity index (χ4n) is 2.71. The highest BCUT2D eigenvalue weighted by Crippen LogP contribution is 2.24. The summed E-state index contributed by atoms with van der Waals surface area (Å²) < 4.78 is 5.43. The lowest BCUT2D eigenvalue weighted by atomic mass is 10.0. The molecule has 6 heteroatoms. The number of morpholine rings is 1. The number of benzene rings is 1. The van der Waals surface area contributed by atoms with E-state index in [2.05, 4.69) is 21.6 Å². The van der Waals surface area contributed by atoms with Crippen molar-refractivity contribution in [3.8, 4) is 0 Å². The van der Waals surface area contributed by atoms with Crippen LogP contribution in [0.15, 0.2) is 24.3 Å². The van der Waals surface area contributed by atoms with Crippen LogP contribution in [0.1, 0.15) is 24.4 Å². The Hall–Kier alpha value is -1.30. The zero-order chi connectivity index (χ0) is 15.4. The molecule has 0 spiro atoms. The van der Waals surface area contributed by atoms with Crippen LogP contribution < -0.4 is 10.6 Å². The minimum absolute atomic E-state index is 0.0808. The number of ether oxygens (including phenoxy) is 1. The van der Waals surface area contributed by atoms with E-state index >= 15 is 0 Å². The van der Waals surface area contributed by atoms with Gasteiger partial charge in [-0.25, -0.2) is 4.79 Å². The number of nitrogens with zero attached hydrogens (tertiary/aromatic N) is 1. The molecular weight excluding hydrogens is 302 g/mol. The highest BCUT2D eigenvalue weighted by molar-refractivity contribution is 6.30. The highest BCUT2D eigenvalue weighted by Gasteiger charge is 2.26. The number of hydrogen-bond acceptors (Lipinski definition) is 3. The minimum atomic E-state index is -0.0808. The summed E-state index contributed by atoms with van der Waals surface area (Å²) in [5, 5.41) is 6.67. The van der Waals surface area contributed by atoms with Gasteiger partial charge in [-0.2, -0.15) is 0 Å². The molecule has 0 aromatic heterocycles. The summed E-state index contributed by atoms with van der Waals surface area (Å²) in [6.07, 6.45) is 2.18. The molecule has 1 aliphatic carbocycles. The molecule has 22 heavy (non-hydrogen) atoms. The molecule has 0 bridgehead atoms. The number of nitrogens with one attached hydrogen (secondary N) is 2. The Balaban J connectivity index is 1.66. The molecule has 1 aromatic rings. The third kappa shape index (κ3) is 4.35. The Bertz CT molecular complexity index is 516. The number of halogens is 1. The van der Waals surface area contributed by atoms with Gasteiger partial charge in [-0.1, -0.05) is 23.7 Å². The van der Waals surface area contributed by atoms with Gasteiger partial charge >= 0.3 is 6.03 Å². The van der Waals surface area contributed by atoms with Crippen LogP contribution in [0.4, 0.5) is 4.79 Å². The molecule has 0 radical (unpaired) electrons. The predicted molar refractivity (Wildman–Crippen MR) is 86.1 cm³/mol. The molecule has 1 atom stereocenters. The monoisotopic (exact) mass is 323 g/mol.